The van der Waals surface area contributed by atoms with Crippen molar-refractivity contribution in [3.05, 3.63) is 29.8 Å². The standard InChI is InChI=1S/C13H21N3O4S/c1-3-11(9-17)16-13(18)15-8-10-4-6-12(7-5-10)21(19,20)14-2/h4-7,11,14,17H,3,8-9H2,1-2H3,(H2,15,16,18)/t11-/m1/s1. The zero-order valence-electron chi connectivity index (χ0n) is 12.1. The summed E-state index contributed by atoms with van der Waals surface area (Å²) in [7, 11) is -2.10. The van der Waals surface area contributed by atoms with Gasteiger partial charge in [0, 0.05) is 6.54 Å². The number of aliphatic hydroxyl groups is 1. The maximum absolute atomic E-state index is 11.6. The minimum atomic E-state index is -3.45. The number of hydrogen-bond donors (Lipinski definition) is 4. The van der Waals surface area contributed by atoms with Crippen molar-refractivity contribution < 1.29 is 18.3 Å². The first-order chi connectivity index (χ1) is 9.92. The zero-order valence-corrected chi connectivity index (χ0v) is 12.9. The summed E-state index contributed by atoms with van der Waals surface area (Å²) in [5, 5.41) is 14.3. The van der Waals surface area contributed by atoms with Crippen molar-refractivity contribution in [2.75, 3.05) is 13.7 Å². The van der Waals surface area contributed by atoms with Gasteiger partial charge >= 0.3 is 6.03 Å². The molecule has 1 aromatic carbocycles. The summed E-state index contributed by atoms with van der Waals surface area (Å²) in [5.41, 5.74) is 0.775. The Balaban J connectivity index is 2.55. The van der Waals surface area contributed by atoms with E-state index in [1.54, 1.807) is 12.1 Å². The molecule has 0 aliphatic carbocycles. The number of benzene rings is 1. The van der Waals surface area contributed by atoms with Gasteiger partial charge in [0.25, 0.3) is 0 Å². The Morgan fingerprint density at radius 3 is 2.38 bits per heavy atom. The van der Waals surface area contributed by atoms with Crippen LogP contribution in [-0.4, -0.2) is 39.3 Å². The van der Waals surface area contributed by atoms with Crippen molar-refractivity contribution in [2.45, 2.75) is 30.8 Å². The molecule has 4 N–H and O–H groups in total. The van der Waals surface area contributed by atoms with E-state index in [4.69, 9.17) is 5.11 Å². The van der Waals surface area contributed by atoms with Gasteiger partial charge in [0.2, 0.25) is 10.0 Å². The summed E-state index contributed by atoms with van der Waals surface area (Å²) in [4.78, 5) is 11.7. The molecule has 0 saturated carbocycles. The van der Waals surface area contributed by atoms with Gasteiger partial charge in [-0.15, -0.1) is 0 Å². The highest BCUT2D eigenvalue weighted by Crippen LogP contribution is 2.09. The Hall–Kier alpha value is -1.64. The Kier molecular flexibility index (Phi) is 6.60. The fraction of sp³-hybridized carbons (Fsp3) is 0.462. The molecule has 21 heavy (non-hydrogen) atoms. The second-order valence-corrected chi connectivity index (χ2v) is 6.35. The molecule has 8 heteroatoms. The normalized spacial score (nSPS) is 12.7. The van der Waals surface area contributed by atoms with Crippen LogP contribution in [0.3, 0.4) is 0 Å². The molecule has 0 saturated heterocycles. The number of rotatable bonds is 7. The second-order valence-electron chi connectivity index (χ2n) is 4.47. The van der Waals surface area contributed by atoms with Crippen molar-refractivity contribution in [2.24, 2.45) is 0 Å². The number of aliphatic hydroxyl groups excluding tert-OH is 1. The summed E-state index contributed by atoms with van der Waals surface area (Å²) in [6.45, 7) is 2.02. The highest BCUT2D eigenvalue weighted by molar-refractivity contribution is 7.89. The van der Waals surface area contributed by atoms with E-state index in [2.05, 4.69) is 15.4 Å². The van der Waals surface area contributed by atoms with Crippen LogP contribution in [0.2, 0.25) is 0 Å². The Morgan fingerprint density at radius 1 is 1.29 bits per heavy atom. The van der Waals surface area contributed by atoms with Crippen molar-refractivity contribution in [3.8, 4) is 0 Å². The topological polar surface area (TPSA) is 108 Å². The van der Waals surface area contributed by atoms with Crippen LogP contribution in [0.5, 0.6) is 0 Å². The number of sulfonamides is 1. The molecule has 2 amide bonds. The van der Waals surface area contributed by atoms with Crippen molar-refractivity contribution in [1.29, 1.82) is 0 Å². The fourth-order valence-electron chi connectivity index (χ4n) is 1.60. The first-order valence-corrected chi connectivity index (χ1v) is 8.09. The summed E-state index contributed by atoms with van der Waals surface area (Å²) < 4.78 is 25.3. The molecule has 0 bridgehead atoms. The van der Waals surface area contributed by atoms with Crippen LogP contribution in [0.1, 0.15) is 18.9 Å². The SMILES string of the molecule is CC[C@H](CO)NC(=O)NCc1ccc(S(=O)(=O)NC)cc1. The average Bonchev–Trinajstić information content (AvgIpc) is 2.51. The maximum Gasteiger partial charge on any atom is 0.315 e. The molecule has 0 aromatic heterocycles. The first kappa shape index (κ1) is 17.4. The number of carbonyl (C=O) groups excluding carboxylic acids is 1. The predicted molar refractivity (Wildman–Crippen MR) is 79.2 cm³/mol. The lowest BCUT2D eigenvalue weighted by atomic mass is 10.2. The summed E-state index contributed by atoms with van der Waals surface area (Å²) >= 11 is 0. The molecule has 7 nitrogen and oxygen atoms in total. The average molecular weight is 315 g/mol. The molecule has 1 aromatic rings. The second kappa shape index (κ2) is 7.96. The highest BCUT2D eigenvalue weighted by Gasteiger charge is 2.11. The molecule has 0 aliphatic heterocycles. The molecular weight excluding hydrogens is 294 g/mol. The van der Waals surface area contributed by atoms with Crippen LogP contribution in [0.25, 0.3) is 0 Å². The van der Waals surface area contributed by atoms with Crippen LogP contribution in [0.15, 0.2) is 29.2 Å². The molecular formula is C13H21N3O4S. The third-order valence-corrected chi connectivity index (χ3v) is 4.43. The third kappa shape index (κ3) is 5.33. The van der Waals surface area contributed by atoms with E-state index < -0.39 is 10.0 Å². The minimum absolute atomic E-state index is 0.111. The van der Waals surface area contributed by atoms with Crippen molar-refractivity contribution in [1.82, 2.24) is 15.4 Å². The summed E-state index contributed by atoms with van der Waals surface area (Å²) in [6, 6.07) is 5.57. The molecule has 0 heterocycles. The van der Waals surface area contributed by atoms with E-state index in [1.165, 1.54) is 19.2 Å². The molecule has 118 valence electrons. The van der Waals surface area contributed by atoms with Crippen LogP contribution in [-0.2, 0) is 16.6 Å². The van der Waals surface area contributed by atoms with Gasteiger partial charge in [0.1, 0.15) is 0 Å². The Labute approximate surface area is 124 Å². The van der Waals surface area contributed by atoms with Crippen LogP contribution >= 0.6 is 0 Å². The Bertz CT molecular complexity index is 553. The van der Waals surface area contributed by atoms with E-state index in [9.17, 15) is 13.2 Å². The quantitative estimate of drug-likeness (QED) is 0.575. The highest BCUT2D eigenvalue weighted by atomic mass is 32.2. The zero-order chi connectivity index (χ0) is 15.9. The minimum Gasteiger partial charge on any atom is -0.394 e. The molecule has 0 spiro atoms. The van der Waals surface area contributed by atoms with Crippen LogP contribution in [0.4, 0.5) is 4.79 Å². The summed E-state index contributed by atoms with van der Waals surface area (Å²) in [6.07, 6.45) is 0.639. The fourth-order valence-corrected chi connectivity index (χ4v) is 2.33. The van der Waals surface area contributed by atoms with E-state index in [1.807, 2.05) is 6.92 Å². The van der Waals surface area contributed by atoms with Gasteiger partial charge in [-0.3, -0.25) is 0 Å². The van der Waals surface area contributed by atoms with Gasteiger partial charge in [0.05, 0.1) is 17.5 Å². The molecule has 0 radical (unpaired) electrons. The van der Waals surface area contributed by atoms with E-state index >= 15 is 0 Å². The molecule has 0 fully saturated rings. The van der Waals surface area contributed by atoms with Crippen molar-refractivity contribution >= 4 is 16.1 Å². The van der Waals surface area contributed by atoms with E-state index in [-0.39, 0.29) is 30.1 Å². The predicted octanol–water partition coefficient (Wildman–Crippen LogP) is 0.165. The van der Waals surface area contributed by atoms with Crippen molar-refractivity contribution in [3.63, 3.8) is 0 Å². The lowest BCUT2D eigenvalue weighted by Gasteiger charge is -2.14. The van der Waals surface area contributed by atoms with Crippen LogP contribution < -0.4 is 15.4 Å². The molecule has 0 aliphatic rings. The number of urea groups is 1. The van der Waals surface area contributed by atoms with Gasteiger partial charge in [-0.05, 0) is 31.2 Å². The Morgan fingerprint density at radius 2 is 1.90 bits per heavy atom. The number of amides is 2. The lowest BCUT2D eigenvalue weighted by molar-refractivity contribution is 0.214. The van der Waals surface area contributed by atoms with Gasteiger partial charge < -0.3 is 15.7 Å². The third-order valence-electron chi connectivity index (χ3n) is 3.00. The lowest BCUT2D eigenvalue weighted by Crippen LogP contribution is -2.43. The molecule has 1 atom stereocenters. The number of carbonyl (C=O) groups is 1. The van der Waals surface area contributed by atoms with Gasteiger partial charge in [-0.1, -0.05) is 19.1 Å². The van der Waals surface area contributed by atoms with E-state index in [0.717, 1.165) is 5.56 Å². The maximum atomic E-state index is 11.6. The monoisotopic (exact) mass is 315 g/mol. The smallest absolute Gasteiger partial charge is 0.315 e. The summed E-state index contributed by atoms with van der Waals surface area (Å²) in [5.74, 6) is 0. The molecule has 1 rings (SSSR count). The van der Waals surface area contributed by atoms with Crippen LogP contribution in [0, 0.1) is 0 Å². The van der Waals surface area contributed by atoms with Gasteiger partial charge in [0.15, 0.2) is 0 Å². The number of nitrogens with one attached hydrogen (secondary N) is 3. The molecule has 0 unspecified atom stereocenters. The van der Waals surface area contributed by atoms with Gasteiger partial charge in [-0.25, -0.2) is 17.9 Å². The van der Waals surface area contributed by atoms with E-state index in [0.29, 0.717) is 6.42 Å². The van der Waals surface area contributed by atoms with Gasteiger partial charge in [-0.2, -0.15) is 0 Å². The first-order valence-electron chi connectivity index (χ1n) is 6.60. The largest absolute Gasteiger partial charge is 0.394 e. The number of hydrogen-bond acceptors (Lipinski definition) is 4.